The molecule has 1 aliphatic rings. The molecule has 2 N–H and O–H groups in total. The zero-order valence-electron chi connectivity index (χ0n) is 16.5. The third-order valence-electron chi connectivity index (χ3n) is 4.34. The third-order valence-corrected chi connectivity index (χ3v) is 5.33. The van der Waals surface area contributed by atoms with Crippen molar-refractivity contribution in [2.24, 2.45) is 0 Å². The van der Waals surface area contributed by atoms with Crippen molar-refractivity contribution in [2.45, 2.75) is 38.5 Å². The molecule has 154 valence electrons. The van der Waals surface area contributed by atoms with Crippen molar-refractivity contribution < 1.29 is 18.7 Å². The predicted octanol–water partition coefficient (Wildman–Crippen LogP) is 2.64. The number of nitrogens with one attached hydrogen (secondary N) is 2. The lowest BCUT2D eigenvalue weighted by molar-refractivity contribution is -0.138. The van der Waals surface area contributed by atoms with Crippen molar-refractivity contribution in [2.75, 3.05) is 12.4 Å². The van der Waals surface area contributed by atoms with Crippen LogP contribution < -0.4 is 10.6 Å². The van der Waals surface area contributed by atoms with Gasteiger partial charge in [-0.2, -0.15) is 0 Å². The smallest absolute Gasteiger partial charge is 0.337 e. The Morgan fingerprint density at radius 2 is 2.28 bits per heavy atom. The summed E-state index contributed by atoms with van der Waals surface area (Å²) in [5, 5.41) is 14.6. The summed E-state index contributed by atoms with van der Waals surface area (Å²) in [5.74, 6) is 1.28. The number of nitrogens with zero attached hydrogens (tertiary/aromatic N) is 3. The molecule has 1 atom stereocenters. The number of urea groups is 1. The van der Waals surface area contributed by atoms with Gasteiger partial charge in [-0.15, -0.1) is 16.8 Å². The van der Waals surface area contributed by atoms with Gasteiger partial charge >= 0.3 is 12.0 Å². The van der Waals surface area contributed by atoms with E-state index in [0.29, 0.717) is 34.5 Å². The molecule has 29 heavy (non-hydrogen) atoms. The maximum Gasteiger partial charge on any atom is 0.337 e. The number of furan rings is 1. The second-order valence-corrected chi connectivity index (χ2v) is 7.26. The number of ether oxygens (including phenoxy) is 1. The first-order chi connectivity index (χ1) is 14.0. The minimum Gasteiger partial charge on any atom is -0.469 e. The zero-order valence-corrected chi connectivity index (χ0v) is 17.3. The molecule has 2 amide bonds. The van der Waals surface area contributed by atoms with Crippen LogP contribution in [0.4, 0.5) is 4.79 Å². The molecule has 0 saturated heterocycles. The van der Waals surface area contributed by atoms with Crippen molar-refractivity contribution in [3.63, 3.8) is 0 Å². The first kappa shape index (κ1) is 20.7. The van der Waals surface area contributed by atoms with Gasteiger partial charge in [0, 0.05) is 18.0 Å². The number of hydrogen-bond acceptors (Lipinski definition) is 7. The van der Waals surface area contributed by atoms with Gasteiger partial charge in [-0.05, 0) is 26.8 Å². The molecular formula is C19H23N5O4S. The van der Waals surface area contributed by atoms with Gasteiger partial charge < -0.3 is 19.8 Å². The molecule has 10 heteroatoms. The van der Waals surface area contributed by atoms with Crippen molar-refractivity contribution in [1.29, 1.82) is 0 Å². The lowest BCUT2D eigenvalue weighted by Crippen LogP contribution is -2.49. The van der Waals surface area contributed by atoms with Crippen LogP contribution in [0.15, 0.2) is 45.8 Å². The van der Waals surface area contributed by atoms with Crippen LogP contribution >= 0.6 is 11.8 Å². The largest absolute Gasteiger partial charge is 0.469 e. The van der Waals surface area contributed by atoms with E-state index in [1.165, 1.54) is 11.8 Å². The van der Waals surface area contributed by atoms with Crippen LogP contribution in [0, 0.1) is 6.92 Å². The van der Waals surface area contributed by atoms with Crippen LogP contribution in [0.25, 0.3) is 11.4 Å². The number of rotatable bonds is 8. The molecule has 0 radical (unpaired) electrons. The molecule has 0 spiro atoms. The molecule has 0 aliphatic carbocycles. The van der Waals surface area contributed by atoms with Crippen LogP contribution in [-0.4, -0.2) is 45.2 Å². The van der Waals surface area contributed by atoms with E-state index < -0.39 is 12.0 Å². The molecule has 0 aromatic carbocycles. The maximum atomic E-state index is 12.4. The van der Waals surface area contributed by atoms with Crippen LogP contribution in [0.3, 0.4) is 0 Å². The van der Waals surface area contributed by atoms with Crippen molar-refractivity contribution in [3.05, 3.63) is 42.0 Å². The molecule has 0 fully saturated rings. The normalized spacial score (nSPS) is 16.4. The quantitative estimate of drug-likeness (QED) is 0.386. The van der Waals surface area contributed by atoms with Gasteiger partial charge in [0.15, 0.2) is 11.0 Å². The summed E-state index contributed by atoms with van der Waals surface area (Å²) in [6.45, 7) is 9.90. The van der Waals surface area contributed by atoms with Gasteiger partial charge in [-0.25, -0.2) is 9.59 Å². The van der Waals surface area contributed by atoms with E-state index in [1.807, 2.05) is 17.6 Å². The van der Waals surface area contributed by atoms with E-state index in [-0.39, 0.29) is 12.6 Å². The van der Waals surface area contributed by atoms with Crippen molar-refractivity contribution >= 4 is 23.8 Å². The minimum atomic E-state index is -0.453. The highest BCUT2D eigenvalue weighted by molar-refractivity contribution is 7.99. The average Bonchev–Trinajstić information content (AvgIpc) is 3.25. The Hall–Kier alpha value is -3.01. The van der Waals surface area contributed by atoms with Gasteiger partial charge in [0.05, 0.1) is 30.0 Å². The standard InChI is InChI=1S/C19H23N5O4S/c1-5-8-24-16(13-7-9-28-12(13)4)22-23-19(24)29-10-14-15(17(25)27-6-2)11(3)20-18(26)21-14/h5,7,9,11H,1,6,8,10H2,2-4H3,(H2,20,21,26)/t11-/m1/s1. The summed E-state index contributed by atoms with van der Waals surface area (Å²) >= 11 is 1.36. The number of carbonyl (C=O) groups excluding carboxylic acids is 2. The second-order valence-electron chi connectivity index (χ2n) is 6.32. The molecule has 2 aromatic rings. The number of hydrogen-bond donors (Lipinski definition) is 2. The Labute approximate surface area is 172 Å². The zero-order chi connectivity index (χ0) is 21.0. The molecule has 0 saturated carbocycles. The van der Waals surface area contributed by atoms with Gasteiger partial charge in [0.2, 0.25) is 0 Å². The average molecular weight is 417 g/mol. The van der Waals surface area contributed by atoms with E-state index in [4.69, 9.17) is 9.15 Å². The maximum absolute atomic E-state index is 12.4. The summed E-state index contributed by atoms with van der Waals surface area (Å²) in [4.78, 5) is 24.3. The Morgan fingerprint density at radius 1 is 1.48 bits per heavy atom. The lowest BCUT2D eigenvalue weighted by atomic mass is 10.1. The second kappa shape index (κ2) is 8.99. The fourth-order valence-corrected chi connectivity index (χ4v) is 3.95. The molecule has 9 nitrogen and oxygen atoms in total. The number of aromatic nitrogens is 3. The fourth-order valence-electron chi connectivity index (χ4n) is 3.04. The SMILES string of the molecule is C=CCn1c(SCC2=C(C(=O)OCC)[C@@H](C)NC(=O)N2)nnc1-c1ccoc1C. The highest BCUT2D eigenvalue weighted by Gasteiger charge is 2.30. The molecule has 0 unspecified atom stereocenters. The minimum absolute atomic E-state index is 0.254. The molecule has 3 rings (SSSR count). The van der Waals surface area contributed by atoms with Gasteiger partial charge in [-0.3, -0.25) is 4.57 Å². The van der Waals surface area contributed by atoms with Gasteiger partial charge in [-0.1, -0.05) is 17.8 Å². The van der Waals surface area contributed by atoms with E-state index in [0.717, 1.165) is 11.3 Å². The van der Waals surface area contributed by atoms with Gasteiger partial charge in [0.25, 0.3) is 0 Å². The summed E-state index contributed by atoms with van der Waals surface area (Å²) in [6, 6.07) is 1.03. The van der Waals surface area contributed by atoms with Crippen molar-refractivity contribution in [3.8, 4) is 11.4 Å². The van der Waals surface area contributed by atoms with Crippen LogP contribution in [0.2, 0.25) is 0 Å². The van der Waals surface area contributed by atoms with E-state index in [2.05, 4.69) is 27.4 Å². The number of aryl methyl sites for hydroxylation is 1. The number of thioether (sulfide) groups is 1. The van der Waals surface area contributed by atoms with Crippen LogP contribution in [0.5, 0.6) is 0 Å². The highest BCUT2D eigenvalue weighted by Crippen LogP contribution is 2.28. The van der Waals surface area contributed by atoms with Crippen molar-refractivity contribution in [1.82, 2.24) is 25.4 Å². The highest BCUT2D eigenvalue weighted by atomic mass is 32.2. The monoisotopic (exact) mass is 417 g/mol. The van der Waals surface area contributed by atoms with Gasteiger partial charge in [0.1, 0.15) is 5.76 Å². The Kier molecular flexibility index (Phi) is 6.42. The Balaban J connectivity index is 1.89. The van der Waals surface area contributed by atoms with E-state index in [1.54, 1.807) is 26.2 Å². The number of allylic oxidation sites excluding steroid dienone is 1. The van der Waals surface area contributed by atoms with E-state index >= 15 is 0 Å². The predicted molar refractivity (Wildman–Crippen MR) is 108 cm³/mol. The summed E-state index contributed by atoms with van der Waals surface area (Å²) in [6.07, 6.45) is 3.36. The molecule has 0 bridgehead atoms. The summed E-state index contributed by atoms with van der Waals surface area (Å²) < 4.78 is 12.4. The molecular weight excluding hydrogens is 394 g/mol. The number of amides is 2. The molecule has 3 heterocycles. The van der Waals surface area contributed by atoms with Crippen LogP contribution in [-0.2, 0) is 16.1 Å². The Morgan fingerprint density at radius 3 is 2.93 bits per heavy atom. The third kappa shape index (κ3) is 4.37. The number of esters is 1. The first-order valence-corrected chi connectivity index (χ1v) is 10.1. The number of carbonyl (C=O) groups is 2. The topological polar surface area (TPSA) is 111 Å². The first-order valence-electron chi connectivity index (χ1n) is 9.15. The molecule has 2 aromatic heterocycles. The summed E-state index contributed by atoms with van der Waals surface area (Å²) in [7, 11) is 0. The molecule has 1 aliphatic heterocycles. The Bertz CT molecular complexity index is 962. The lowest BCUT2D eigenvalue weighted by Gasteiger charge is -2.26. The van der Waals surface area contributed by atoms with E-state index in [9.17, 15) is 9.59 Å². The van der Waals surface area contributed by atoms with Crippen LogP contribution in [0.1, 0.15) is 19.6 Å². The summed E-state index contributed by atoms with van der Waals surface area (Å²) in [5.41, 5.74) is 1.75. The fraction of sp³-hybridized carbons (Fsp3) is 0.368.